The summed E-state index contributed by atoms with van der Waals surface area (Å²) >= 11 is 0. The normalized spacial score (nSPS) is 8.42. The van der Waals surface area contributed by atoms with E-state index in [-0.39, 0.29) is 34.8 Å². The largest absolute Gasteiger partial charge is 0.481 e. The van der Waals surface area contributed by atoms with Crippen LogP contribution in [0.1, 0.15) is 25.7 Å². The van der Waals surface area contributed by atoms with Gasteiger partial charge in [0.1, 0.15) is 0 Å². The van der Waals surface area contributed by atoms with Gasteiger partial charge in [0, 0.05) is 35.2 Å². The second-order valence-corrected chi connectivity index (χ2v) is 2.18. The first-order valence-electron chi connectivity index (χ1n) is 3.45. The third-order valence-electron chi connectivity index (χ3n) is 1.25. The van der Waals surface area contributed by atoms with Gasteiger partial charge in [-0.25, -0.2) is 0 Å². The first kappa shape index (κ1) is 14.2. The number of unbranched alkanes of at least 4 members (excludes halogenated alkanes) is 1. The van der Waals surface area contributed by atoms with Crippen molar-refractivity contribution in [1.82, 2.24) is 0 Å². The van der Waals surface area contributed by atoms with Gasteiger partial charge in [0.25, 0.3) is 0 Å². The second kappa shape index (κ2) is 8.77. The van der Waals surface area contributed by atoms with Crippen LogP contribution in [0, 0.1) is 0 Å². The number of esters is 1. The van der Waals surface area contributed by atoms with Crippen LogP contribution in [0.3, 0.4) is 0 Å². The summed E-state index contributed by atoms with van der Waals surface area (Å²) in [5.41, 5.74) is 0. The van der Waals surface area contributed by atoms with E-state index in [0.29, 0.717) is 19.3 Å². The van der Waals surface area contributed by atoms with Crippen LogP contribution in [-0.4, -0.2) is 24.2 Å². The molecule has 0 aromatic carbocycles. The fourth-order valence-corrected chi connectivity index (χ4v) is 0.648. The van der Waals surface area contributed by atoms with E-state index in [1.54, 1.807) is 0 Å². The van der Waals surface area contributed by atoms with E-state index in [4.69, 9.17) is 5.11 Å². The van der Waals surface area contributed by atoms with Gasteiger partial charge in [-0.3, -0.25) is 9.59 Å². The van der Waals surface area contributed by atoms with Gasteiger partial charge >= 0.3 is 11.9 Å². The first-order valence-corrected chi connectivity index (χ1v) is 3.45. The van der Waals surface area contributed by atoms with Crippen molar-refractivity contribution in [1.29, 1.82) is 0 Å². The molecule has 0 aliphatic carbocycles. The molecule has 0 aromatic heterocycles. The molecule has 0 saturated carbocycles. The molecule has 12 heavy (non-hydrogen) atoms. The molecule has 0 atom stereocenters. The Labute approximate surface area is 86.8 Å². The second-order valence-electron chi connectivity index (χ2n) is 2.18. The van der Waals surface area contributed by atoms with Gasteiger partial charge in [0.05, 0.1) is 7.11 Å². The minimum absolute atomic E-state index is 0. The minimum atomic E-state index is -0.824. The number of aliphatic carboxylic acids is 1. The summed E-state index contributed by atoms with van der Waals surface area (Å²) in [4.78, 5) is 20.5. The van der Waals surface area contributed by atoms with E-state index >= 15 is 0 Å². The number of methoxy groups -OCH3 is 1. The molecule has 0 heterocycles. The zero-order valence-corrected chi connectivity index (χ0v) is 8.28. The average Bonchev–Trinajstić information content (AvgIpc) is 1.97. The van der Waals surface area contributed by atoms with Crippen molar-refractivity contribution in [2.24, 2.45) is 0 Å². The van der Waals surface area contributed by atoms with E-state index in [1.807, 2.05) is 0 Å². The maximum Gasteiger partial charge on any atom is 0.305 e. The number of rotatable bonds is 5. The summed E-state index contributed by atoms with van der Waals surface area (Å²) in [5.74, 6) is -1.11. The maximum atomic E-state index is 10.5. The van der Waals surface area contributed by atoms with Gasteiger partial charge < -0.3 is 9.84 Å². The van der Waals surface area contributed by atoms with Crippen LogP contribution in [0.5, 0.6) is 0 Å². The Bertz CT molecular complexity index is 146. The molecule has 0 spiro atoms. The molecule has 0 aliphatic heterocycles. The average molecular weight is 268 g/mol. The molecular weight excluding hydrogens is 256 g/mol. The first-order chi connectivity index (χ1) is 5.16. The predicted molar refractivity (Wildman–Crippen MR) is 38.1 cm³/mol. The molecule has 75 valence electrons. The Morgan fingerprint density at radius 1 is 1.25 bits per heavy atom. The third-order valence-corrected chi connectivity index (χ3v) is 1.25. The summed E-state index contributed by atoms with van der Waals surface area (Å²) in [6.07, 6.45) is 1.55. The van der Waals surface area contributed by atoms with E-state index < -0.39 is 5.97 Å². The van der Waals surface area contributed by atoms with E-state index in [0.717, 1.165) is 0 Å². The monoisotopic (exact) mass is 267 g/mol. The number of carboxylic acid groups (broad SMARTS) is 1. The summed E-state index contributed by atoms with van der Waals surface area (Å²) < 4.78 is 4.37. The Kier molecular flexibility index (Phi) is 10.4. The minimum Gasteiger partial charge on any atom is -0.481 e. The molecule has 0 saturated heterocycles. The summed E-state index contributed by atoms with van der Waals surface area (Å²) in [7, 11) is 1.32. The zero-order chi connectivity index (χ0) is 8.69. The van der Waals surface area contributed by atoms with Gasteiger partial charge in [-0.2, -0.15) is 0 Å². The molecule has 0 rings (SSSR count). The van der Waals surface area contributed by atoms with Crippen LogP contribution < -0.4 is 0 Å². The van der Waals surface area contributed by atoms with Gasteiger partial charge in [-0.05, 0) is 12.8 Å². The standard InChI is InChI=1S/C7H12O4.Ag/c1-11-7(10)5-3-2-4-6(8)9;/h2-5H2,1H3,(H,8,9);. The Hall–Kier alpha value is -0.320. The topological polar surface area (TPSA) is 63.6 Å². The molecule has 0 aromatic rings. The molecule has 0 aliphatic rings. The molecule has 1 radical (unpaired) electrons. The summed E-state index contributed by atoms with van der Waals surface area (Å²) in [6, 6.07) is 0. The Morgan fingerprint density at radius 2 is 1.75 bits per heavy atom. The van der Waals surface area contributed by atoms with E-state index in [1.165, 1.54) is 7.11 Å². The number of hydrogen-bond acceptors (Lipinski definition) is 3. The van der Waals surface area contributed by atoms with Crippen LogP contribution in [0.4, 0.5) is 0 Å². The van der Waals surface area contributed by atoms with E-state index in [9.17, 15) is 9.59 Å². The molecular formula is C7H12AgO4. The maximum absolute atomic E-state index is 10.5. The van der Waals surface area contributed by atoms with Gasteiger partial charge in [-0.1, -0.05) is 0 Å². The zero-order valence-electron chi connectivity index (χ0n) is 6.80. The van der Waals surface area contributed by atoms with Gasteiger partial charge in [0.2, 0.25) is 0 Å². The van der Waals surface area contributed by atoms with Crippen LogP contribution in [0.2, 0.25) is 0 Å². The van der Waals surface area contributed by atoms with Gasteiger partial charge in [0.15, 0.2) is 0 Å². The van der Waals surface area contributed by atoms with Crippen molar-refractivity contribution in [3.05, 3.63) is 0 Å². The molecule has 4 nitrogen and oxygen atoms in total. The number of carbonyl (C=O) groups excluding carboxylic acids is 1. The van der Waals surface area contributed by atoms with Crippen molar-refractivity contribution in [2.75, 3.05) is 7.11 Å². The summed E-state index contributed by atoms with van der Waals surface area (Å²) in [6.45, 7) is 0. The van der Waals surface area contributed by atoms with Crippen molar-refractivity contribution in [3.8, 4) is 0 Å². The number of carbonyl (C=O) groups is 2. The molecule has 5 heteroatoms. The van der Waals surface area contributed by atoms with Crippen LogP contribution in [-0.2, 0) is 36.7 Å². The quantitative estimate of drug-likeness (QED) is 0.455. The SMILES string of the molecule is COC(=O)CCCCC(=O)O.[Ag]. The number of ether oxygens (including phenoxy) is 1. The van der Waals surface area contributed by atoms with Crippen molar-refractivity contribution in [2.45, 2.75) is 25.7 Å². The van der Waals surface area contributed by atoms with Crippen molar-refractivity contribution < 1.29 is 41.8 Å². The molecule has 1 N–H and O–H groups in total. The fraction of sp³-hybridized carbons (Fsp3) is 0.714. The third kappa shape index (κ3) is 9.68. The Balaban J connectivity index is 0. The molecule has 0 fully saturated rings. The van der Waals surface area contributed by atoms with Crippen molar-refractivity contribution in [3.63, 3.8) is 0 Å². The predicted octanol–water partition coefficient (Wildman–Crippen LogP) is 0.802. The van der Waals surface area contributed by atoms with Crippen LogP contribution >= 0.6 is 0 Å². The van der Waals surface area contributed by atoms with Gasteiger partial charge in [-0.15, -0.1) is 0 Å². The van der Waals surface area contributed by atoms with Crippen LogP contribution in [0.15, 0.2) is 0 Å². The van der Waals surface area contributed by atoms with Crippen molar-refractivity contribution >= 4 is 11.9 Å². The van der Waals surface area contributed by atoms with E-state index in [2.05, 4.69) is 4.74 Å². The smallest absolute Gasteiger partial charge is 0.305 e. The summed E-state index contributed by atoms with van der Waals surface area (Å²) in [5, 5.41) is 8.22. The number of carboxylic acids is 1. The number of hydrogen-bond donors (Lipinski definition) is 1. The molecule has 0 unspecified atom stereocenters. The Morgan fingerprint density at radius 3 is 2.17 bits per heavy atom. The molecule has 0 amide bonds. The van der Waals surface area contributed by atoms with Crippen LogP contribution in [0.25, 0.3) is 0 Å². The fourth-order valence-electron chi connectivity index (χ4n) is 0.648. The molecule has 0 bridgehead atoms.